The van der Waals surface area contributed by atoms with Gasteiger partial charge in [0.15, 0.2) is 5.75 Å². The van der Waals surface area contributed by atoms with Gasteiger partial charge in [-0.15, -0.1) is 0 Å². The van der Waals surface area contributed by atoms with Crippen LogP contribution < -0.4 is 4.74 Å². The van der Waals surface area contributed by atoms with Gasteiger partial charge in [-0.3, -0.25) is 0 Å². The number of aromatic hydroxyl groups is 1. The second-order valence-corrected chi connectivity index (χ2v) is 4.52. The molecule has 1 aromatic heterocycles. The molecule has 4 nitrogen and oxygen atoms in total. The van der Waals surface area contributed by atoms with Crippen LogP contribution in [0.2, 0.25) is 0 Å². The number of benzene rings is 2. The maximum atomic E-state index is 9.79. The minimum atomic E-state index is 0.178. The highest BCUT2D eigenvalue weighted by atomic mass is 16.5. The molecule has 0 saturated heterocycles. The summed E-state index contributed by atoms with van der Waals surface area (Å²) in [5.74, 6) is 1.56. The summed E-state index contributed by atoms with van der Waals surface area (Å²) in [6.45, 7) is 2.03. The quantitative estimate of drug-likeness (QED) is 0.786. The Labute approximate surface area is 116 Å². The van der Waals surface area contributed by atoms with Crippen molar-refractivity contribution in [1.82, 2.24) is 9.78 Å². The van der Waals surface area contributed by atoms with E-state index < -0.39 is 0 Å². The Balaban J connectivity index is 1.84. The number of hydrogen-bond donors (Lipinski definition) is 1. The van der Waals surface area contributed by atoms with E-state index in [1.165, 1.54) is 5.56 Å². The number of para-hydroxylation sites is 2. The minimum Gasteiger partial charge on any atom is -0.506 e. The van der Waals surface area contributed by atoms with Crippen molar-refractivity contribution in [3.05, 3.63) is 66.5 Å². The van der Waals surface area contributed by atoms with Crippen molar-refractivity contribution < 1.29 is 9.84 Å². The Morgan fingerprint density at radius 3 is 2.50 bits per heavy atom. The fourth-order valence-electron chi connectivity index (χ4n) is 1.89. The lowest BCUT2D eigenvalue weighted by atomic mass is 10.2. The number of nitrogens with zero attached hydrogens (tertiary/aromatic N) is 2. The Kier molecular flexibility index (Phi) is 3.13. The third kappa shape index (κ3) is 2.49. The average Bonchev–Trinajstić information content (AvgIpc) is 2.90. The van der Waals surface area contributed by atoms with E-state index in [-0.39, 0.29) is 5.75 Å². The van der Waals surface area contributed by atoms with Crippen molar-refractivity contribution in [2.24, 2.45) is 0 Å². The molecule has 0 fully saturated rings. The van der Waals surface area contributed by atoms with E-state index >= 15 is 0 Å². The number of phenolic OH excluding ortho intramolecular Hbond substituents is 1. The number of aryl methyl sites for hydroxylation is 1. The monoisotopic (exact) mass is 266 g/mol. The molecule has 3 rings (SSSR count). The molecule has 0 spiro atoms. The predicted molar refractivity (Wildman–Crippen MR) is 76.5 cm³/mol. The summed E-state index contributed by atoms with van der Waals surface area (Å²) < 4.78 is 7.29. The molecule has 0 saturated carbocycles. The van der Waals surface area contributed by atoms with Gasteiger partial charge < -0.3 is 9.84 Å². The number of aromatic nitrogens is 2. The average molecular weight is 266 g/mol. The molecular weight excluding hydrogens is 252 g/mol. The van der Waals surface area contributed by atoms with Gasteiger partial charge in [0, 0.05) is 0 Å². The van der Waals surface area contributed by atoms with Crippen molar-refractivity contribution in [3.8, 4) is 22.9 Å². The number of ether oxygens (including phenoxy) is 1. The van der Waals surface area contributed by atoms with Crippen LogP contribution in [-0.4, -0.2) is 14.9 Å². The van der Waals surface area contributed by atoms with Gasteiger partial charge >= 0.3 is 0 Å². The predicted octanol–water partition coefficient (Wildman–Crippen LogP) is 3.68. The first-order valence-electron chi connectivity index (χ1n) is 6.30. The molecule has 0 aliphatic rings. The zero-order chi connectivity index (χ0) is 13.9. The Morgan fingerprint density at radius 2 is 1.75 bits per heavy atom. The number of rotatable bonds is 3. The Bertz CT molecular complexity index is 717. The number of phenols is 1. The van der Waals surface area contributed by atoms with Gasteiger partial charge in [-0.2, -0.15) is 5.10 Å². The molecule has 0 atom stereocenters. The summed E-state index contributed by atoms with van der Waals surface area (Å²) in [5, 5.41) is 14.0. The lowest BCUT2D eigenvalue weighted by Gasteiger charge is -2.04. The molecule has 4 heteroatoms. The molecule has 0 aliphatic carbocycles. The standard InChI is InChI=1S/C16H14N2O2/c1-12-6-8-13(9-7-12)20-14-10-17-18(11-14)15-4-2-3-5-16(15)19/h2-11,19H,1H3. The van der Waals surface area contributed by atoms with Gasteiger partial charge in [0.25, 0.3) is 0 Å². The van der Waals surface area contributed by atoms with E-state index in [4.69, 9.17) is 4.74 Å². The topological polar surface area (TPSA) is 47.3 Å². The van der Waals surface area contributed by atoms with Crippen LogP contribution in [0.1, 0.15) is 5.56 Å². The summed E-state index contributed by atoms with van der Waals surface area (Å²) in [4.78, 5) is 0. The molecule has 1 heterocycles. The van der Waals surface area contributed by atoms with Gasteiger partial charge in [0.2, 0.25) is 0 Å². The second kappa shape index (κ2) is 5.09. The highest BCUT2D eigenvalue weighted by molar-refractivity contribution is 5.45. The van der Waals surface area contributed by atoms with Crippen LogP contribution in [0.4, 0.5) is 0 Å². The molecule has 100 valence electrons. The normalized spacial score (nSPS) is 10.4. The fourth-order valence-corrected chi connectivity index (χ4v) is 1.89. The lowest BCUT2D eigenvalue weighted by molar-refractivity contribution is 0.469. The molecule has 1 N–H and O–H groups in total. The zero-order valence-electron chi connectivity index (χ0n) is 11.0. The largest absolute Gasteiger partial charge is 0.506 e. The van der Waals surface area contributed by atoms with Crippen molar-refractivity contribution in [3.63, 3.8) is 0 Å². The van der Waals surface area contributed by atoms with E-state index in [2.05, 4.69) is 5.10 Å². The molecule has 20 heavy (non-hydrogen) atoms. The van der Waals surface area contributed by atoms with E-state index in [9.17, 15) is 5.11 Å². The van der Waals surface area contributed by atoms with Gasteiger partial charge in [-0.25, -0.2) is 4.68 Å². The summed E-state index contributed by atoms with van der Waals surface area (Å²) >= 11 is 0. The molecular formula is C16H14N2O2. The fraction of sp³-hybridized carbons (Fsp3) is 0.0625. The first-order valence-corrected chi connectivity index (χ1v) is 6.30. The Hall–Kier alpha value is -2.75. The maximum absolute atomic E-state index is 9.79. The third-order valence-corrected chi connectivity index (χ3v) is 2.94. The molecule has 0 radical (unpaired) electrons. The van der Waals surface area contributed by atoms with E-state index in [1.54, 1.807) is 35.3 Å². The lowest BCUT2D eigenvalue weighted by Crippen LogP contribution is -1.93. The van der Waals surface area contributed by atoms with Gasteiger partial charge in [-0.05, 0) is 31.2 Å². The summed E-state index contributed by atoms with van der Waals surface area (Å²) in [6, 6.07) is 14.8. The maximum Gasteiger partial charge on any atom is 0.165 e. The van der Waals surface area contributed by atoms with E-state index in [0.29, 0.717) is 11.4 Å². The van der Waals surface area contributed by atoms with Gasteiger partial charge in [0.05, 0.1) is 12.4 Å². The highest BCUT2D eigenvalue weighted by Crippen LogP contribution is 2.25. The van der Waals surface area contributed by atoms with Crippen LogP contribution in [0.25, 0.3) is 5.69 Å². The van der Waals surface area contributed by atoms with Crippen LogP contribution in [0.3, 0.4) is 0 Å². The third-order valence-electron chi connectivity index (χ3n) is 2.94. The van der Waals surface area contributed by atoms with Crippen molar-refractivity contribution >= 4 is 0 Å². The van der Waals surface area contributed by atoms with Gasteiger partial charge in [-0.1, -0.05) is 29.8 Å². The van der Waals surface area contributed by atoms with Crippen LogP contribution in [0.15, 0.2) is 60.9 Å². The van der Waals surface area contributed by atoms with E-state index in [0.717, 1.165) is 5.75 Å². The smallest absolute Gasteiger partial charge is 0.165 e. The van der Waals surface area contributed by atoms with Crippen LogP contribution in [0.5, 0.6) is 17.2 Å². The SMILES string of the molecule is Cc1ccc(Oc2cnn(-c3ccccc3O)c2)cc1. The van der Waals surface area contributed by atoms with Crippen LogP contribution in [0, 0.1) is 6.92 Å². The van der Waals surface area contributed by atoms with E-state index in [1.807, 2.05) is 37.3 Å². The van der Waals surface area contributed by atoms with Gasteiger partial charge in [0.1, 0.15) is 17.2 Å². The van der Waals surface area contributed by atoms with Crippen molar-refractivity contribution in [2.45, 2.75) is 6.92 Å². The molecule has 2 aromatic carbocycles. The molecule has 0 bridgehead atoms. The minimum absolute atomic E-state index is 0.178. The van der Waals surface area contributed by atoms with Crippen LogP contribution in [-0.2, 0) is 0 Å². The summed E-state index contributed by atoms with van der Waals surface area (Å²) in [7, 11) is 0. The Morgan fingerprint density at radius 1 is 1.00 bits per heavy atom. The molecule has 0 unspecified atom stereocenters. The first kappa shape index (κ1) is 12.3. The van der Waals surface area contributed by atoms with Crippen molar-refractivity contribution in [2.75, 3.05) is 0 Å². The first-order chi connectivity index (χ1) is 9.72. The number of hydrogen-bond acceptors (Lipinski definition) is 3. The van der Waals surface area contributed by atoms with Crippen molar-refractivity contribution in [1.29, 1.82) is 0 Å². The highest BCUT2D eigenvalue weighted by Gasteiger charge is 2.06. The molecule has 0 amide bonds. The second-order valence-electron chi connectivity index (χ2n) is 4.52. The van der Waals surface area contributed by atoms with Crippen LogP contribution >= 0.6 is 0 Å². The summed E-state index contributed by atoms with van der Waals surface area (Å²) in [6.07, 6.45) is 3.35. The molecule has 3 aromatic rings. The summed E-state index contributed by atoms with van der Waals surface area (Å²) in [5.41, 5.74) is 1.80. The zero-order valence-corrected chi connectivity index (χ0v) is 11.0. The molecule has 0 aliphatic heterocycles.